The minimum atomic E-state index is -0.299. The van der Waals surface area contributed by atoms with E-state index in [4.69, 9.17) is 4.74 Å². The number of amides is 1. The molecule has 0 atom stereocenters. The highest BCUT2D eigenvalue weighted by Crippen LogP contribution is 2.27. The second-order valence-corrected chi connectivity index (χ2v) is 4.79. The van der Waals surface area contributed by atoms with E-state index < -0.39 is 0 Å². The molecular formula is C11H19NO3S. The fourth-order valence-corrected chi connectivity index (χ4v) is 1.86. The topological polar surface area (TPSA) is 46.6 Å². The Morgan fingerprint density at radius 2 is 2.12 bits per heavy atom. The van der Waals surface area contributed by atoms with Gasteiger partial charge in [0.05, 0.1) is 6.61 Å². The lowest BCUT2D eigenvalue weighted by molar-refractivity contribution is -0.149. The van der Waals surface area contributed by atoms with Gasteiger partial charge in [0.25, 0.3) is 0 Å². The van der Waals surface area contributed by atoms with Gasteiger partial charge in [-0.25, -0.2) is 0 Å². The smallest absolute Gasteiger partial charge is 0.325 e. The van der Waals surface area contributed by atoms with Crippen LogP contribution in [0.2, 0.25) is 0 Å². The zero-order chi connectivity index (χ0) is 12.0. The minimum Gasteiger partial charge on any atom is -0.465 e. The van der Waals surface area contributed by atoms with Crippen molar-refractivity contribution in [3.8, 4) is 0 Å². The molecule has 16 heavy (non-hydrogen) atoms. The molecule has 0 spiro atoms. The fraction of sp³-hybridized carbons (Fsp3) is 0.818. The average Bonchev–Trinajstić information content (AvgIpc) is 3.06. The molecule has 1 saturated carbocycles. The van der Waals surface area contributed by atoms with E-state index in [9.17, 15) is 9.59 Å². The number of esters is 1. The molecular weight excluding hydrogens is 226 g/mol. The van der Waals surface area contributed by atoms with Gasteiger partial charge in [-0.3, -0.25) is 9.59 Å². The molecule has 1 aliphatic carbocycles. The van der Waals surface area contributed by atoms with E-state index in [-0.39, 0.29) is 24.5 Å². The Kier molecular flexibility index (Phi) is 5.66. The predicted octanol–water partition coefficient (Wildman–Crippen LogP) is 1.29. The quantitative estimate of drug-likeness (QED) is 0.634. The van der Waals surface area contributed by atoms with Gasteiger partial charge in [0, 0.05) is 18.2 Å². The molecule has 0 aromatic carbocycles. The van der Waals surface area contributed by atoms with Crippen LogP contribution in [0.4, 0.5) is 0 Å². The predicted molar refractivity (Wildman–Crippen MR) is 64.4 cm³/mol. The summed E-state index contributed by atoms with van der Waals surface area (Å²) < 4.78 is 4.87. The number of thioether (sulfide) groups is 1. The first-order valence-electron chi connectivity index (χ1n) is 5.63. The second-order valence-electron chi connectivity index (χ2n) is 3.80. The van der Waals surface area contributed by atoms with Crippen molar-refractivity contribution in [3.63, 3.8) is 0 Å². The molecule has 1 aliphatic rings. The molecule has 4 nitrogen and oxygen atoms in total. The Balaban J connectivity index is 2.40. The van der Waals surface area contributed by atoms with Crippen molar-refractivity contribution in [1.82, 2.24) is 4.90 Å². The Bertz CT molecular complexity index is 254. The summed E-state index contributed by atoms with van der Waals surface area (Å²) >= 11 is 1.64. The van der Waals surface area contributed by atoms with Crippen LogP contribution in [0.25, 0.3) is 0 Å². The van der Waals surface area contributed by atoms with Gasteiger partial charge in [-0.15, -0.1) is 0 Å². The van der Waals surface area contributed by atoms with Crippen molar-refractivity contribution in [3.05, 3.63) is 0 Å². The van der Waals surface area contributed by atoms with Crippen LogP contribution >= 0.6 is 11.8 Å². The standard InChI is InChI=1S/C11H19NO3S/c1-3-15-11(14)8-12(9-4-5-9)10(13)6-7-16-2/h9H,3-8H2,1-2H3. The first-order valence-corrected chi connectivity index (χ1v) is 7.02. The van der Waals surface area contributed by atoms with Crippen molar-refractivity contribution in [2.24, 2.45) is 0 Å². The molecule has 0 heterocycles. The number of hydrogen-bond donors (Lipinski definition) is 0. The number of ether oxygens (including phenoxy) is 1. The zero-order valence-corrected chi connectivity index (χ0v) is 10.7. The maximum atomic E-state index is 11.8. The molecule has 0 bridgehead atoms. The van der Waals surface area contributed by atoms with E-state index in [2.05, 4.69) is 0 Å². The van der Waals surface area contributed by atoms with Gasteiger partial charge in [0.2, 0.25) is 5.91 Å². The third-order valence-electron chi connectivity index (χ3n) is 2.43. The minimum absolute atomic E-state index is 0.0740. The van der Waals surface area contributed by atoms with Crippen LogP contribution in [0.5, 0.6) is 0 Å². The van der Waals surface area contributed by atoms with Crippen molar-refractivity contribution in [2.45, 2.75) is 32.2 Å². The highest BCUT2D eigenvalue weighted by Gasteiger charge is 2.33. The number of hydrogen-bond acceptors (Lipinski definition) is 4. The average molecular weight is 245 g/mol. The van der Waals surface area contributed by atoms with Gasteiger partial charge in [-0.05, 0) is 26.0 Å². The van der Waals surface area contributed by atoms with Crippen LogP contribution in [0, 0.1) is 0 Å². The van der Waals surface area contributed by atoms with E-state index in [1.807, 2.05) is 6.26 Å². The van der Waals surface area contributed by atoms with E-state index in [1.54, 1.807) is 23.6 Å². The molecule has 0 radical (unpaired) electrons. The van der Waals surface area contributed by atoms with Gasteiger partial charge < -0.3 is 9.64 Å². The Labute approximate surface area is 101 Å². The number of carbonyl (C=O) groups is 2. The largest absolute Gasteiger partial charge is 0.465 e. The third kappa shape index (κ3) is 4.43. The summed E-state index contributed by atoms with van der Waals surface area (Å²) in [6.07, 6.45) is 4.52. The molecule has 1 fully saturated rings. The SMILES string of the molecule is CCOC(=O)CN(C(=O)CCSC)C1CC1. The maximum absolute atomic E-state index is 11.8. The Morgan fingerprint density at radius 3 is 2.62 bits per heavy atom. The van der Waals surface area contributed by atoms with Crippen molar-refractivity contribution >= 4 is 23.6 Å². The van der Waals surface area contributed by atoms with E-state index in [0.717, 1.165) is 18.6 Å². The Morgan fingerprint density at radius 1 is 1.44 bits per heavy atom. The molecule has 0 aromatic rings. The number of nitrogens with zero attached hydrogens (tertiary/aromatic N) is 1. The molecule has 92 valence electrons. The highest BCUT2D eigenvalue weighted by atomic mass is 32.2. The lowest BCUT2D eigenvalue weighted by Gasteiger charge is -2.21. The molecule has 1 rings (SSSR count). The van der Waals surface area contributed by atoms with Crippen molar-refractivity contribution in [2.75, 3.05) is 25.2 Å². The van der Waals surface area contributed by atoms with E-state index >= 15 is 0 Å². The summed E-state index contributed by atoms with van der Waals surface area (Å²) in [5.41, 5.74) is 0. The molecule has 0 aromatic heterocycles. The summed E-state index contributed by atoms with van der Waals surface area (Å²) in [5.74, 6) is 0.585. The molecule has 5 heteroatoms. The highest BCUT2D eigenvalue weighted by molar-refractivity contribution is 7.98. The molecule has 0 N–H and O–H groups in total. The second kappa shape index (κ2) is 6.78. The first-order chi connectivity index (χ1) is 7.69. The lowest BCUT2D eigenvalue weighted by Crippen LogP contribution is -2.38. The monoisotopic (exact) mass is 245 g/mol. The van der Waals surface area contributed by atoms with Gasteiger partial charge in [0.15, 0.2) is 0 Å². The first kappa shape index (κ1) is 13.4. The Hall–Kier alpha value is -0.710. The number of rotatable bonds is 7. The molecule has 1 amide bonds. The fourth-order valence-electron chi connectivity index (χ4n) is 1.49. The van der Waals surface area contributed by atoms with Crippen LogP contribution in [0.1, 0.15) is 26.2 Å². The molecule has 0 unspecified atom stereocenters. The van der Waals surface area contributed by atoms with Crippen LogP contribution in [0.15, 0.2) is 0 Å². The van der Waals surface area contributed by atoms with E-state index in [0.29, 0.717) is 13.0 Å². The summed E-state index contributed by atoms with van der Waals surface area (Å²) in [6.45, 7) is 2.26. The van der Waals surface area contributed by atoms with Gasteiger partial charge in [-0.1, -0.05) is 0 Å². The summed E-state index contributed by atoms with van der Waals surface area (Å²) in [6, 6.07) is 0.277. The zero-order valence-electron chi connectivity index (χ0n) is 9.90. The summed E-state index contributed by atoms with van der Waals surface area (Å²) in [7, 11) is 0. The van der Waals surface area contributed by atoms with Crippen molar-refractivity contribution in [1.29, 1.82) is 0 Å². The van der Waals surface area contributed by atoms with Crippen LogP contribution in [0.3, 0.4) is 0 Å². The molecule has 0 saturated heterocycles. The number of carbonyl (C=O) groups excluding carboxylic acids is 2. The van der Waals surface area contributed by atoms with Gasteiger partial charge in [0.1, 0.15) is 6.54 Å². The maximum Gasteiger partial charge on any atom is 0.325 e. The van der Waals surface area contributed by atoms with Gasteiger partial charge >= 0.3 is 5.97 Å². The van der Waals surface area contributed by atoms with Crippen LogP contribution < -0.4 is 0 Å². The van der Waals surface area contributed by atoms with Crippen molar-refractivity contribution < 1.29 is 14.3 Å². The third-order valence-corrected chi connectivity index (χ3v) is 3.05. The summed E-state index contributed by atoms with van der Waals surface area (Å²) in [5, 5.41) is 0. The van der Waals surface area contributed by atoms with E-state index in [1.165, 1.54) is 0 Å². The van der Waals surface area contributed by atoms with Crippen LogP contribution in [-0.2, 0) is 14.3 Å². The normalized spacial score (nSPS) is 14.6. The van der Waals surface area contributed by atoms with Gasteiger partial charge in [-0.2, -0.15) is 11.8 Å². The summed E-state index contributed by atoms with van der Waals surface area (Å²) in [4.78, 5) is 24.8. The van der Waals surface area contributed by atoms with Crippen LogP contribution in [-0.4, -0.2) is 48.0 Å². The lowest BCUT2D eigenvalue weighted by atomic mass is 10.3. The molecule has 0 aliphatic heterocycles.